The number of nitro benzene ring substituents is 1. The third-order valence-electron chi connectivity index (χ3n) is 3.27. The first-order valence-corrected chi connectivity index (χ1v) is 7.55. The van der Waals surface area contributed by atoms with Crippen LogP contribution in [0.4, 0.5) is 22.1 Å². The number of rotatable bonds is 4. The molecular weight excluding hydrogens is 314 g/mol. The molecule has 3 rings (SSSR count). The van der Waals surface area contributed by atoms with E-state index in [4.69, 9.17) is 0 Å². The van der Waals surface area contributed by atoms with Gasteiger partial charge in [0.25, 0.3) is 5.69 Å². The number of nitro groups is 1. The summed E-state index contributed by atoms with van der Waals surface area (Å²) in [4.78, 5) is 12.4. The fourth-order valence-corrected chi connectivity index (χ4v) is 2.71. The Kier molecular flexibility index (Phi) is 3.98. The summed E-state index contributed by atoms with van der Waals surface area (Å²) < 4.78 is 4.23. The van der Waals surface area contributed by atoms with Crippen molar-refractivity contribution in [3.05, 3.63) is 52.6 Å². The van der Waals surface area contributed by atoms with E-state index in [1.165, 1.54) is 23.7 Å². The number of benzene rings is 2. The molecule has 7 nitrogen and oxygen atoms in total. The number of non-ortho nitro benzene ring substituents is 1. The van der Waals surface area contributed by atoms with Crippen molar-refractivity contribution in [2.24, 2.45) is 10.2 Å². The Labute approximate surface area is 136 Å². The Bertz CT molecular complexity index is 887. The van der Waals surface area contributed by atoms with Crippen molar-refractivity contribution < 1.29 is 4.92 Å². The van der Waals surface area contributed by atoms with E-state index in [1.807, 2.05) is 43.3 Å². The summed E-state index contributed by atoms with van der Waals surface area (Å²) in [5.74, 6) is 0. The Hall–Kier alpha value is -2.87. The highest BCUT2D eigenvalue weighted by Gasteiger charge is 2.11. The monoisotopic (exact) mass is 327 g/mol. The van der Waals surface area contributed by atoms with Crippen molar-refractivity contribution >= 4 is 44.5 Å². The molecule has 0 atom stereocenters. The second-order valence-electron chi connectivity index (χ2n) is 5.06. The first-order valence-electron chi connectivity index (χ1n) is 6.77. The quantitative estimate of drug-likeness (QED) is 0.395. The highest BCUT2D eigenvalue weighted by Crippen LogP contribution is 2.34. The zero-order valence-corrected chi connectivity index (χ0v) is 13.3. The second-order valence-corrected chi connectivity index (χ2v) is 5.81. The van der Waals surface area contributed by atoms with Crippen molar-refractivity contribution in [3.8, 4) is 0 Å². The van der Waals surface area contributed by atoms with Gasteiger partial charge in [0.05, 0.1) is 16.1 Å². The number of aromatic nitrogens is 1. The lowest BCUT2D eigenvalue weighted by molar-refractivity contribution is -0.384. The van der Waals surface area contributed by atoms with E-state index in [2.05, 4.69) is 14.6 Å². The van der Waals surface area contributed by atoms with Crippen LogP contribution in [-0.4, -0.2) is 23.4 Å². The minimum Gasteiger partial charge on any atom is -0.378 e. The molecule has 2 aromatic carbocycles. The SMILES string of the molecule is CN(C)c1ccc(N=Nc2snc3ccc([N+](=O)[O-])cc23)cc1. The summed E-state index contributed by atoms with van der Waals surface area (Å²) in [5, 5.41) is 20.4. The van der Waals surface area contributed by atoms with Gasteiger partial charge in [-0.1, -0.05) is 0 Å². The molecule has 0 saturated carbocycles. The normalized spacial score (nSPS) is 11.2. The van der Waals surface area contributed by atoms with E-state index in [-0.39, 0.29) is 5.69 Å². The minimum absolute atomic E-state index is 0.0180. The third kappa shape index (κ3) is 3.16. The van der Waals surface area contributed by atoms with Crippen LogP contribution in [0.5, 0.6) is 0 Å². The van der Waals surface area contributed by atoms with Gasteiger partial charge >= 0.3 is 0 Å². The second kappa shape index (κ2) is 6.09. The zero-order chi connectivity index (χ0) is 16.4. The van der Waals surface area contributed by atoms with Gasteiger partial charge in [-0.15, -0.1) is 10.2 Å². The first kappa shape index (κ1) is 15.0. The Balaban J connectivity index is 1.91. The van der Waals surface area contributed by atoms with E-state index in [9.17, 15) is 10.1 Å². The number of hydrogen-bond acceptors (Lipinski definition) is 7. The molecule has 0 unspecified atom stereocenters. The molecule has 0 amide bonds. The molecule has 0 radical (unpaired) electrons. The van der Waals surface area contributed by atoms with Crippen LogP contribution in [0.2, 0.25) is 0 Å². The average Bonchev–Trinajstić information content (AvgIpc) is 2.95. The van der Waals surface area contributed by atoms with Crippen LogP contribution in [0.15, 0.2) is 52.7 Å². The van der Waals surface area contributed by atoms with E-state index < -0.39 is 4.92 Å². The molecule has 0 fully saturated rings. The Morgan fingerprint density at radius 1 is 1.13 bits per heavy atom. The molecule has 0 bridgehead atoms. The maximum Gasteiger partial charge on any atom is 0.270 e. The molecule has 116 valence electrons. The third-order valence-corrected chi connectivity index (χ3v) is 4.04. The van der Waals surface area contributed by atoms with Gasteiger partial charge in [0.15, 0.2) is 5.00 Å². The molecule has 8 heteroatoms. The number of anilines is 1. The number of fused-ring (bicyclic) bond motifs is 1. The molecule has 23 heavy (non-hydrogen) atoms. The summed E-state index contributed by atoms with van der Waals surface area (Å²) in [5.41, 5.74) is 2.48. The molecule has 3 aromatic rings. The molecule has 1 heterocycles. The molecule has 1 aromatic heterocycles. The lowest BCUT2D eigenvalue weighted by Gasteiger charge is -2.11. The van der Waals surface area contributed by atoms with Gasteiger partial charge in [0.1, 0.15) is 0 Å². The molecule has 0 aliphatic rings. The van der Waals surface area contributed by atoms with E-state index in [1.54, 1.807) is 6.07 Å². The lowest BCUT2D eigenvalue weighted by Crippen LogP contribution is -2.07. The highest BCUT2D eigenvalue weighted by atomic mass is 32.1. The fraction of sp³-hybridized carbons (Fsp3) is 0.133. The van der Waals surface area contributed by atoms with Crippen LogP contribution in [0.1, 0.15) is 0 Å². The van der Waals surface area contributed by atoms with Gasteiger partial charge in [0.2, 0.25) is 0 Å². The van der Waals surface area contributed by atoms with E-state index >= 15 is 0 Å². The van der Waals surface area contributed by atoms with E-state index in [0.717, 1.165) is 5.69 Å². The molecule has 0 N–H and O–H groups in total. The van der Waals surface area contributed by atoms with Crippen LogP contribution in [0.3, 0.4) is 0 Å². The summed E-state index contributed by atoms with van der Waals surface area (Å²) in [6.07, 6.45) is 0. The minimum atomic E-state index is -0.433. The maximum absolute atomic E-state index is 10.9. The highest BCUT2D eigenvalue weighted by molar-refractivity contribution is 7.11. The molecule has 0 aliphatic heterocycles. The van der Waals surface area contributed by atoms with Gasteiger partial charge in [0, 0.05) is 37.3 Å². The summed E-state index contributed by atoms with van der Waals surface area (Å²) >= 11 is 1.17. The number of azo groups is 1. The van der Waals surface area contributed by atoms with Gasteiger partial charge in [-0.25, -0.2) is 0 Å². The number of nitrogens with zero attached hydrogens (tertiary/aromatic N) is 5. The average molecular weight is 327 g/mol. The topological polar surface area (TPSA) is 84.0 Å². The van der Waals surface area contributed by atoms with Crippen molar-refractivity contribution in [2.75, 3.05) is 19.0 Å². The van der Waals surface area contributed by atoms with Crippen molar-refractivity contribution in [1.82, 2.24) is 4.37 Å². The molecular formula is C15H13N5O2S. The Morgan fingerprint density at radius 3 is 2.52 bits per heavy atom. The van der Waals surface area contributed by atoms with Gasteiger partial charge < -0.3 is 4.90 Å². The number of hydrogen-bond donors (Lipinski definition) is 0. The van der Waals surface area contributed by atoms with Crippen LogP contribution in [-0.2, 0) is 0 Å². The van der Waals surface area contributed by atoms with Gasteiger partial charge in [-0.2, -0.15) is 4.37 Å². The largest absolute Gasteiger partial charge is 0.378 e. The van der Waals surface area contributed by atoms with Crippen LogP contribution in [0.25, 0.3) is 10.9 Å². The fourth-order valence-electron chi connectivity index (χ4n) is 2.02. The molecule has 0 spiro atoms. The predicted molar refractivity (Wildman–Crippen MR) is 91.2 cm³/mol. The summed E-state index contributed by atoms with van der Waals surface area (Å²) in [7, 11) is 3.93. The van der Waals surface area contributed by atoms with Crippen LogP contribution in [0, 0.1) is 10.1 Å². The lowest BCUT2D eigenvalue weighted by atomic mass is 10.2. The Morgan fingerprint density at radius 2 is 1.87 bits per heavy atom. The summed E-state index contributed by atoms with van der Waals surface area (Å²) in [6.45, 7) is 0. The zero-order valence-electron chi connectivity index (χ0n) is 12.5. The summed E-state index contributed by atoms with van der Waals surface area (Å²) in [6, 6.07) is 12.2. The molecule has 0 aliphatic carbocycles. The first-order chi connectivity index (χ1) is 11.0. The van der Waals surface area contributed by atoms with Gasteiger partial charge in [-0.05, 0) is 41.9 Å². The predicted octanol–water partition coefficient (Wildman–Crippen LogP) is 4.69. The van der Waals surface area contributed by atoms with Crippen molar-refractivity contribution in [3.63, 3.8) is 0 Å². The maximum atomic E-state index is 10.9. The van der Waals surface area contributed by atoms with Crippen LogP contribution < -0.4 is 4.90 Å². The van der Waals surface area contributed by atoms with Crippen LogP contribution >= 0.6 is 11.5 Å². The smallest absolute Gasteiger partial charge is 0.270 e. The van der Waals surface area contributed by atoms with Gasteiger partial charge in [-0.3, -0.25) is 10.1 Å². The molecule has 0 saturated heterocycles. The van der Waals surface area contributed by atoms with E-state index in [0.29, 0.717) is 21.6 Å². The standard InChI is InChI=1S/C15H13N5O2S/c1-19(2)11-5-3-10(4-6-11)16-17-15-13-9-12(20(21)22)7-8-14(13)18-23-15/h3-9H,1-2H3. The van der Waals surface area contributed by atoms with Crippen molar-refractivity contribution in [1.29, 1.82) is 0 Å². The van der Waals surface area contributed by atoms with Crippen molar-refractivity contribution in [2.45, 2.75) is 0 Å².